The first-order valence-electron chi connectivity index (χ1n) is 4.85. The Kier molecular flexibility index (Phi) is 3.96. The van der Waals surface area contributed by atoms with Gasteiger partial charge in [-0.05, 0) is 25.3 Å². The largest absolute Gasteiger partial charge is 0.449 e. The van der Waals surface area contributed by atoms with Gasteiger partial charge in [0.1, 0.15) is 6.26 Å². The average Bonchev–Trinajstić information content (AvgIpc) is 2.48. The SMILES string of the molecule is CC(C)Cc1coc(CCCN)n1. The summed E-state index contributed by atoms with van der Waals surface area (Å²) < 4.78 is 5.30. The van der Waals surface area contributed by atoms with Crippen molar-refractivity contribution < 1.29 is 4.42 Å². The summed E-state index contributed by atoms with van der Waals surface area (Å²) in [6.07, 6.45) is 4.55. The smallest absolute Gasteiger partial charge is 0.194 e. The summed E-state index contributed by atoms with van der Waals surface area (Å²) in [4.78, 5) is 4.37. The summed E-state index contributed by atoms with van der Waals surface area (Å²) >= 11 is 0. The third-order valence-corrected chi connectivity index (χ3v) is 1.81. The molecule has 0 fully saturated rings. The molecule has 0 amide bonds. The maximum absolute atomic E-state index is 5.39. The van der Waals surface area contributed by atoms with Crippen molar-refractivity contribution in [1.82, 2.24) is 4.98 Å². The highest BCUT2D eigenvalue weighted by Gasteiger charge is 2.04. The van der Waals surface area contributed by atoms with Gasteiger partial charge in [0.15, 0.2) is 5.89 Å². The fourth-order valence-corrected chi connectivity index (χ4v) is 1.23. The molecule has 1 heterocycles. The van der Waals surface area contributed by atoms with Crippen LogP contribution in [0.4, 0.5) is 0 Å². The van der Waals surface area contributed by atoms with Crippen molar-refractivity contribution >= 4 is 0 Å². The molecule has 0 saturated heterocycles. The van der Waals surface area contributed by atoms with Crippen molar-refractivity contribution in [3.05, 3.63) is 17.8 Å². The third kappa shape index (κ3) is 3.59. The second kappa shape index (κ2) is 5.02. The molecule has 3 nitrogen and oxygen atoms in total. The van der Waals surface area contributed by atoms with Gasteiger partial charge in [-0.15, -0.1) is 0 Å². The van der Waals surface area contributed by atoms with Gasteiger partial charge in [0.25, 0.3) is 0 Å². The number of nitrogens with zero attached hydrogens (tertiary/aromatic N) is 1. The molecule has 74 valence electrons. The van der Waals surface area contributed by atoms with Crippen molar-refractivity contribution in [3.8, 4) is 0 Å². The minimum atomic E-state index is 0.632. The Balaban J connectivity index is 2.44. The Morgan fingerprint density at radius 3 is 2.92 bits per heavy atom. The highest BCUT2D eigenvalue weighted by Crippen LogP contribution is 2.09. The number of nitrogens with two attached hydrogens (primary N) is 1. The quantitative estimate of drug-likeness (QED) is 0.755. The fourth-order valence-electron chi connectivity index (χ4n) is 1.23. The van der Waals surface area contributed by atoms with Gasteiger partial charge in [-0.1, -0.05) is 13.8 Å². The number of hydrogen-bond acceptors (Lipinski definition) is 3. The molecule has 2 N–H and O–H groups in total. The summed E-state index contributed by atoms with van der Waals surface area (Å²) in [6.45, 7) is 5.05. The van der Waals surface area contributed by atoms with E-state index in [1.54, 1.807) is 6.26 Å². The topological polar surface area (TPSA) is 52.0 Å². The highest BCUT2D eigenvalue weighted by atomic mass is 16.3. The van der Waals surface area contributed by atoms with Crippen molar-refractivity contribution in [1.29, 1.82) is 0 Å². The van der Waals surface area contributed by atoms with E-state index in [0.29, 0.717) is 12.5 Å². The van der Waals surface area contributed by atoms with Crippen LogP contribution in [0.15, 0.2) is 10.7 Å². The zero-order valence-electron chi connectivity index (χ0n) is 8.42. The summed E-state index contributed by atoms with van der Waals surface area (Å²) in [5, 5.41) is 0. The van der Waals surface area contributed by atoms with Crippen LogP contribution in [0, 0.1) is 5.92 Å². The van der Waals surface area contributed by atoms with Gasteiger partial charge in [-0.3, -0.25) is 0 Å². The molecule has 0 spiro atoms. The van der Waals surface area contributed by atoms with Gasteiger partial charge in [0.05, 0.1) is 5.69 Å². The minimum absolute atomic E-state index is 0.632. The highest BCUT2D eigenvalue weighted by molar-refractivity contribution is 4.97. The molecule has 1 rings (SSSR count). The Labute approximate surface area is 79.3 Å². The van der Waals surface area contributed by atoms with Gasteiger partial charge in [-0.25, -0.2) is 4.98 Å². The molecular formula is C10H18N2O. The monoisotopic (exact) mass is 182 g/mol. The number of aryl methyl sites for hydroxylation is 1. The molecule has 0 bridgehead atoms. The molecule has 0 aliphatic heterocycles. The normalized spacial score (nSPS) is 11.1. The number of aromatic nitrogens is 1. The maximum atomic E-state index is 5.39. The van der Waals surface area contributed by atoms with E-state index in [-0.39, 0.29) is 0 Å². The van der Waals surface area contributed by atoms with E-state index in [1.807, 2.05) is 0 Å². The van der Waals surface area contributed by atoms with Crippen LogP contribution >= 0.6 is 0 Å². The first-order chi connectivity index (χ1) is 6.22. The molecule has 1 aromatic rings. The Morgan fingerprint density at radius 1 is 1.54 bits per heavy atom. The van der Waals surface area contributed by atoms with Crippen molar-refractivity contribution in [3.63, 3.8) is 0 Å². The lowest BCUT2D eigenvalue weighted by molar-refractivity contribution is 0.487. The van der Waals surface area contributed by atoms with E-state index in [0.717, 1.165) is 30.8 Å². The van der Waals surface area contributed by atoms with Gasteiger partial charge >= 0.3 is 0 Å². The summed E-state index contributed by atoms with van der Waals surface area (Å²) in [6, 6.07) is 0. The van der Waals surface area contributed by atoms with Gasteiger partial charge in [0, 0.05) is 6.42 Å². The van der Waals surface area contributed by atoms with E-state index < -0.39 is 0 Å². The molecule has 0 aromatic carbocycles. The van der Waals surface area contributed by atoms with Crippen molar-refractivity contribution in [2.24, 2.45) is 11.7 Å². The summed E-state index contributed by atoms with van der Waals surface area (Å²) in [5.41, 5.74) is 6.45. The predicted molar refractivity (Wildman–Crippen MR) is 52.4 cm³/mol. The van der Waals surface area contributed by atoms with Crippen LogP contribution < -0.4 is 5.73 Å². The molecule has 0 radical (unpaired) electrons. The average molecular weight is 182 g/mol. The first kappa shape index (κ1) is 10.3. The molecule has 1 aromatic heterocycles. The molecular weight excluding hydrogens is 164 g/mol. The van der Waals surface area contributed by atoms with Crippen LogP contribution in [0.25, 0.3) is 0 Å². The zero-order chi connectivity index (χ0) is 9.68. The Bertz CT molecular complexity index is 243. The van der Waals surface area contributed by atoms with E-state index >= 15 is 0 Å². The maximum Gasteiger partial charge on any atom is 0.194 e. The molecule has 0 saturated carbocycles. The second-order valence-corrected chi connectivity index (χ2v) is 3.72. The summed E-state index contributed by atoms with van der Waals surface area (Å²) in [7, 11) is 0. The predicted octanol–water partition coefficient (Wildman–Crippen LogP) is 1.76. The molecule has 0 aliphatic rings. The lowest BCUT2D eigenvalue weighted by Gasteiger charge is -1.97. The Morgan fingerprint density at radius 2 is 2.31 bits per heavy atom. The van der Waals surface area contributed by atoms with Gasteiger partial charge in [0.2, 0.25) is 0 Å². The fraction of sp³-hybridized carbons (Fsp3) is 0.700. The minimum Gasteiger partial charge on any atom is -0.449 e. The van der Waals surface area contributed by atoms with E-state index in [4.69, 9.17) is 10.2 Å². The number of rotatable bonds is 5. The van der Waals surface area contributed by atoms with Crippen LogP contribution in [0.5, 0.6) is 0 Å². The van der Waals surface area contributed by atoms with Crippen molar-refractivity contribution in [2.75, 3.05) is 6.54 Å². The van der Waals surface area contributed by atoms with E-state index in [1.165, 1.54) is 0 Å². The van der Waals surface area contributed by atoms with E-state index in [9.17, 15) is 0 Å². The van der Waals surface area contributed by atoms with Crippen LogP contribution in [-0.2, 0) is 12.8 Å². The zero-order valence-corrected chi connectivity index (χ0v) is 8.42. The first-order valence-corrected chi connectivity index (χ1v) is 4.85. The third-order valence-electron chi connectivity index (χ3n) is 1.81. The van der Waals surface area contributed by atoms with Gasteiger partial charge < -0.3 is 10.2 Å². The van der Waals surface area contributed by atoms with E-state index in [2.05, 4.69) is 18.8 Å². The number of oxazole rings is 1. The van der Waals surface area contributed by atoms with Gasteiger partial charge in [-0.2, -0.15) is 0 Å². The molecule has 0 unspecified atom stereocenters. The lowest BCUT2D eigenvalue weighted by Crippen LogP contribution is -2.00. The molecule has 0 atom stereocenters. The second-order valence-electron chi connectivity index (χ2n) is 3.72. The Hall–Kier alpha value is -0.830. The van der Waals surface area contributed by atoms with Crippen LogP contribution in [0.2, 0.25) is 0 Å². The standard InChI is InChI=1S/C10H18N2O/c1-8(2)6-9-7-13-10(12-9)4-3-5-11/h7-8H,3-6,11H2,1-2H3. The molecule has 13 heavy (non-hydrogen) atoms. The van der Waals surface area contributed by atoms with Crippen LogP contribution in [0.3, 0.4) is 0 Å². The summed E-state index contributed by atoms with van der Waals surface area (Å²) in [5.74, 6) is 1.45. The van der Waals surface area contributed by atoms with Crippen molar-refractivity contribution in [2.45, 2.75) is 33.1 Å². The number of hydrogen-bond donors (Lipinski definition) is 1. The molecule has 0 aliphatic carbocycles. The van der Waals surface area contributed by atoms with Crippen LogP contribution in [0.1, 0.15) is 31.9 Å². The lowest BCUT2D eigenvalue weighted by atomic mass is 10.1. The van der Waals surface area contributed by atoms with Crippen LogP contribution in [-0.4, -0.2) is 11.5 Å². The molecule has 3 heteroatoms.